The van der Waals surface area contributed by atoms with Crippen molar-refractivity contribution in [3.8, 4) is 0 Å². The van der Waals surface area contributed by atoms with Crippen LogP contribution in [-0.4, -0.2) is 91.9 Å². The summed E-state index contributed by atoms with van der Waals surface area (Å²) < 4.78 is 37.5. The molecule has 0 bridgehead atoms. The van der Waals surface area contributed by atoms with Gasteiger partial charge in [0.25, 0.3) is 0 Å². The number of unbranched alkanes of at least 4 members (excludes halogenated alkanes) is 1. The highest BCUT2D eigenvalue weighted by Crippen LogP contribution is 2.00. The van der Waals surface area contributed by atoms with Crippen LogP contribution >= 0.6 is 0 Å². The van der Waals surface area contributed by atoms with E-state index in [1.165, 1.54) is 0 Å². The van der Waals surface area contributed by atoms with Crippen LogP contribution in [0, 0.1) is 0 Å². The molecule has 8 heteroatoms. The van der Waals surface area contributed by atoms with Crippen LogP contribution in [0.1, 0.15) is 30.1 Å². The molecule has 0 aliphatic carbocycles. The average molecular weight is 443 g/mol. The number of carbonyl (C=O) groups is 1. The number of hydrogen-bond acceptors (Lipinski definition) is 8. The van der Waals surface area contributed by atoms with Crippen molar-refractivity contribution in [2.75, 3.05) is 85.9 Å². The first-order valence-electron chi connectivity index (χ1n) is 11.0. The summed E-state index contributed by atoms with van der Waals surface area (Å²) in [6.45, 7) is 8.79. The number of carbonyl (C=O) groups excluding carboxylic acids is 1. The Morgan fingerprint density at radius 2 is 0.968 bits per heavy atom. The fraction of sp³-hybridized carbons (Fsp3) is 0.696. The van der Waals surface area contributed by atoms with Gasteiger partial charge in [-0.15, -0.1) is 0 Å². The molecule has 0 spiro atoms. The molecule has 0 aromatic heterocycles. The zero-order chi connectivity index (χ0) is 22.2. The van der Waals surface area contributed by atoms with Gasteiger partial charge in [-0.3, -0.25) is 0 Å². The molecular weight excluding hydrogens is 404 g/mol. The van der Waals surface area contributed by atoms with E-state index in [1.807, 2.05) is 6.07 Å². The van der Waals surface area contributed by atoms with Crippen molar-refractivity contribution in [1.29, 1.82) is 0 Å². The highest BCUT2D eigenvalue weighted by molar-refractivity contribution is 5.89. The maximum atomic E-state index is 11.7. The Balaban J connectivity index is 1.70. The van der Waals surface area contributed by atoms with Crippen molar-refractivity contribution in [1.82, 2.24) is 0 Å². The van der Waals surface area contributed by atoms with E-state index in [4.69, 9.17) is 33.2 Å². The Morgan fingerprint density at radius 3 is 1.39 bits per heavy atom. The molecule has 0 atom stereocenters. The van der Waals surface area contributed by atoms with Gasteiger partial charge in [-0.1, -0.05) is 31.5 Å². The van der Waals surface area contributed by atoms with Gasteiger partial charge < -0.3 is 33.2 Å². The Labute approximate surface area is 186 Å². The fourth-order valence-corrected chi connectivity index (χ4v) is 2.30. The minimum Gasteiger partial charge on any atom is -0.460 e. The van der Waals surface area contributed by atoms with Crippen LogP contribution in [0.5, 0.6) is 0 Å². The van der Waals surface area contributed by atoms with E-state index in [0.717, 1.165) is 19.4 Å². The van der Waals surface area contributed by atoms with E-state index in [2.05, 4.69) is 6.92 Å². The Kier molecular flexibility index (Phi) is 19.2. The van der Waals surface area contributed by atoms with Crippen LogP contribution in [0.15, 0.2) is 30.3 Å². The molecule has 1 aromatic rings. The Morgan fingerprint density at radius 1 is 0.581 bits per heavy atom. The highest BCUT2D eigenvalue weighted by Gasteiger charge is 2.04. The number of ether oxygens (including phenoxy) is 7. The first kappa shape index (κ1) is 27.5. The minimum absolute atomic E-state index is 0.217. The summed E-state index contributed by atoms with van der Waals surface area (Å²) in [7, 11) is 0. The van der Waals surface area contributed by atoms with Gasteiger partial charge in [0.05, 0.1) is 78.2 Å². The lowest BCUT2D eigenvalue weighted by atomic mass is 10.2. The molecule has 1 rings (SSSR count). The van der Waals surface area contributed by atoms with Gasteiger partial charge in [-0.2, -0.15) is 0 Å². The quantitative estimate of drug-likeness (QED) is 0.200. The summed E-state index contributed by atoms with van der Waals surface area (Å²) >= 11 is 0. The molecule has 0 aliphatic rings. The third kappa shape index (κ3) is 17.8. The molecule has 0 N–H and O–H groups in total. The normalized spacial score (nSPS) is 11.0. The van der Waals surface area contributed by atoms with Crippen LogP contribution in [0.25, 0.3) is 0 Å². The smallest absolute Gasteiger partial charge is 0.338 e. The summed E-state index contributed by atoms with van der Waals surface area (Å²) in [5.74, 6) is -0.346. The van der Waals surface area contributed by atoms with E-state index in [1.54, 1.807) is 24.3 Å². The standard InChI is InChI=1S/C23H38O8/c1-2-3-9-25-10-11-26-12-13-27-14-15-28-16-17-29-18-19-30-20-21-31-23(24)22-7-5-4-6-8-22/h4-8H,2-3,9-21H2,1H3. The SMILES string of the molecule is CCCCOCCOCCOCCOCCOCCOCCOC(=O)c1ccccc1. The van der Waals surface area contributed by atoms with Gasteiger partial charge in [0.1, 0.15) is 6.61 Å². The number of esters is 1. The zero-order valence-electron chi connectivity index (χ0n) is 18.8. The number of hydrogen-bond donors (Lipinski definition) is 0. The van der Waals surface area contributed by atoms with Gasteiger partial charge in [-0.25, -0.2) is 4.79 Å². The second-order valence-corrected chi connectivity index (χ2v) is 6.53. The van der Waals surface area contributed by atoms with E-state index in [0.29, 0.717) is 78.2 Å². The predicted octanol–water partition coefficient (Wildman–Crippen LogP) is 2.74. The van der Waals surface area contributed by atoms with Gasteiger partial charge in [0.2, 0.25) is 0 Å². The molecule has 0 radical (unpaired) electrons. The first-order chi connectivity index (χ1) is 15.3. The second-order valence-electron chi connectivity index (χ2n) is 6.53. The molecule has 1 aromatic carbocycles. The molecule has 0 aliphatic heterocycles. The minimum atomic E-state index is -0.346. The largest absolute Gasteiger partial charge is 0.460 e. The van der Waals surface area contributed by atoms with Crippen LogP contribution in [0.4, 0.5) is 0 Å². The lowest BCUT2D eigenvalue weighted by molar-refractivity contribution is -0.0194. The Hall–Kier alpha value is -1.55. The molecule has 0 heterocycles. The number of rotatable bonds is 22. The third-order valence-corrected chi connectivity index (χ3v) is 3.97. The molecule has 0 unspecified atom stereocenters. The fourth-order valence-electron chi connectivity index (χ4n) is 2.30. The third-order valence-electron chi connectivity index (χ3n) is 3.97. The van der Waals surface area contributed by atoms with Crippen molar-refractivity contribution in [2.45, 2.75) is 19.8 Å². The summed E-state index contributed by atoms with van der Waals surface area (Å²) in [6, 6.07) is 8.87. The molecular formula is C23H38O8. The lowest BCUT2D eigenvalue weighted by Gasteiger charge is -2.08. The molecule has 0 saturated carbocycles. The monoisotopic (exact) mass is 442 g/mol. The summed E-state index contributed by atoms with van der Waals surface area (Å²) in [5, 5.41) is 0. The van der Waals surface area contributed by atoms with Crippen molar-refractivity contribution in [3.63, 3.8) is 0 Å². The maximum Gasteiger partial charge on any atom is 0.338 e. The van der Waals surface area contributed by atoms with E-state index in [-0.39, 0.29) is 12.6 Å². The number of benzene rings is 1. The predicted molar refractivity (Wildman–Crippen MR) is 117 cm³/mol. The van der Waals surface area contributed by atoms with Crippen molar-refractivity contribution < 1.29 is 38.0 Å². The topological polar surface area (TPSA) is 81.7 Å². The first-order valence-corrected chi connectivity index (χ1v) is 11.0. The molecule has 0 saturated heterocycles. The van der Waals surface area contributed by atoms with Gasteiger partial charge >= 0.3 is 5.97 Å². The summed E-state index contributed by atoms with van der Waals surface area (Å²) in [6.07, 6.45) is 2.24. The van der Waals surface area contributed by atoms with Crippen LogP contribution in [0.2, 0.25) is 0 Å². The van der Waals surface area contributed by atoms with Crippen LogP contribution < -0.4 is 0 Å². The molecule has 0 amide bonds. The van der Waals surface area contributed by atoms with E-state index in [9.17, 15) is 4.79 Å². The average Bonchev–Trinajstić information content (AvgIpc) is 2.80. The zero-order valence-corrected chi connectivity index (χ0v) is 18.8. The van der Waals surface area contributed by atoms with Gasteiger partial charge in [0.15, 0.2) is 0 Å². The Bertz CT molecular complexity index is 512. The van der Waals surface area contributed by atoms with Crippen molar-refractivity contribution in [2.24, 2.45) is 0 Å². The van der Waals surface area contributed by atoms with Crippen molar-refractivity contribution in [3.05, 3.63) is 35.9 Å². The van der Waals surface area contributed by atoms with Crippen LogP contribution in [0.3, 0.4) is 0 Å². The summed E-state index contributed by atoms with van der Waals surface area (Å²) in [4.78, 5) is 11.7. The van der Waals surface area contributed by atoms with Gasteiger partial charge in [-0.05, 0) is 18.6 Å². The molecule has 0 fully saturated rings. The molecule has 8 nitrogen and oxygen atoms in total. The van der Waals surface area contributed by atoms with Crippen LogP contribution in [-0.2, 0) is 33.2 Å². The van der Waals surface area contributed by atoms with E-state index >= 15 is 0 Å². The van der Waals surface area contributed by atoms with Crippen molar-refractivity contribution >= 4 is 5.97 Å². The summed E-state index contributed by atoms with van der Waals surface area (Å²) in [5.41, 5.74) is 0.535. The second kappa shape index (κ2) is 21.7. The molecule has 178 valence electrons. The lowest BCUT2D eigenvalue weighted by Crippen LogP contribution is -2.15. The maximum absolute atomic E-state index is 11.7. The highest BCUT2D eigenvalue weighted by atomic mass is 16.6. The van der Waals surface area contributed by atoms with Gasteiger partial charge in [0, 0.05) is 6.61 Å². The molecule has 31 heavy (non-hydrogen) atoms. The van der Waals surface area contributed by atoms with E-state index < -0.39 is 0 Å².